The summed E-state index contributed by atoms with van der Waals surface area (Å²) >= 11 is 0. The third-order valence-electron chi connectivity index (χ3n) is 4.48. The summed E-state index contributed by atoms with van der Waals surface area (Å²) in [6.45, 7) is 1.48. The van der Waals surface area contributed by atoms with Crippen molar-refractivity contribution >= 4 is 33.5 Å². The Labute approximate surface area is 156 Å². The van der Waals surface area contributed by atoms with Crippen LogP contribution in [0.3, 0.4) is 0 Å². The Bertz CT molecular complexity index is 1100. The van der Waals surface area contributed by atoms with Crippen LogP contribution in [0.15, 0.2) is 60.8 Å². The highest BCUT2D eigenvalue weighted by Crippen LogP contribution is 2.26. The number of para-hydroxylation sites is 1. The van der Waals surface area contributed by atoms with E-state index in [4.69, 9.17) is 5.73 Å². The summed E-state index contributed by atoms with van der Waals surface area (Å²) in [5.74, 6) is 0.686. The number of carbonyl (C=O) groups is 1. The zero-order chi connectivity index (χ0) is 18.6. The van der Waals surface area contributed by atoms with Crippen LogP contribution in [0.4, 0.5) is 5.82 Å². The van der Waals surface area contributed by atoms with Crippen molar-refractivity contribution in [2.45, 2.75) is 6.54 Å². The summed E-state index contributed by atoms with van der Waals surface area (Å²) in [5.41, 5.74) is 9.18. The summed E-state index contributed by atoms with van der Waals surface area (Å²) in [5, 5.41) is 8.44. The summed E-state index contributed by atoms with van der Waals surface area (Å²) in [7, 11) is 0. The molecule has 0 radical (unpaired) electrons. The Morgan fingerprint density at radius 3 is 2.81 bits per heavy atom. The first-order valence-electron chi connectivity index (χ1n) is 8.92. The van der Waals surface area contributed by atoms with Gasteiger partial charge in [-0.05, 0) is 29.8 Å². The molecule has 6 heteroatoms. The second-order valence-corrected chi connectivity index (χ2v) is 6.38. The standard InChI is InChI=1S/C21H21N5O/c22-8-9-23-21(27)15-5-3-4-14(10-15)12-24-20-11-17-16-6-1-2-7-18(16)26-19(17)13-25-20/h1-7,10-11,13,26H,8-9,12,22H2,(H,23,27)(H,24,25). The van der Waals surface area contributed by atoms with Gasteiger partial charge in [-0.2, -0.15) is 0 Å². The topological polar surface area (TPSA) is 95.8 Å². The molecule has 2 heterocycles. The molecule has 27 heavy (non-hydrogen) atoms. The Morgan fingerprint density at radius 2 is 1.93 bits per heavy atom. The molecule has 0 saturated heterocycles. The number of nitrogens with one attached hydrogen (secondary N) is 3. The average molecular weight is 359 g/mol. The molecule has 1 amide bonds. The molecule has 136 valence electrons. The molecular formula is C21H21N5O. The first-order valence-corrected chi connectivity index (χ1v) is 8.92. The number of anilines is 1. The first-order chi connectivity index (χ1) is 13.2. The van der Waals surface area contributed by atoms with Crippen LogP contribution in [0.5, 0.6) is 0 Å². The fourth-order valence-electron chi connectivity index (χ4n) is 3.15. The Kier molecular flexibility index (Phi) is 4.72. The number of hydrogen-bond donors (Lipinski definition) is 4. The van der Waals surface area contributed by atoms with Crippen molar-refractivity contribution in [2.24, 2.45) is 5.73 Å². The largest absolute Gasteiger partial charge is 0.366 e. The average Bonchev–Trinajstić information content (AvgIpc) is 3.08. The normalized spacial score (nSPS) is 11.0. The van der Waals surface area contributed by atoms with Crippen LogP contribution in [0.2, 0.25) is 0 Å². The lowest BCUT2D eigenvalue weighted by Gasteiger charge is -2.08. The third kappa shape index (κ3) is 3.61. The fourth-order valence-corrected chi connectivity index (χ4v) is 3.15. The summed E-state index contributed by atoms with van der Waals surface area (Å²) in [6.07, 6.45) is 1.84. The molecule has 0 saturated carbocycles. The van der Waals surface area contributed by atoms with E-state index in [1.807, 2.05) is 42.6 Å². The van der Waals surface area contributed by atoms with Gasteiger partial charge >= 0.3 is 0 Å². The molecule has 0 aliphatic carbocycles. The predicted octanol–water partition coefficient (Wildman–Crippen LogP) is 3.02. The molecule has 5 N–H and O–H groups in total. The molecule has 0 aliphatic heterocycles. The predicted molar refractivity (Wildman–Crippen MR) is 109 cm³/mol. The molecule has 0 spiro atoms. The fraction of sp³-hybridized carbons (Fsp3) is 0.143. The van der Waals surface area contributed by atoms with E-state index < -0.39 is 0 Å². The zero-order valence-corrected chi connectivity index (χ0v) is 14.8. The van der Waals surface area contributed by atoms with Crippen LogP contribution in [-0.2, 0) is 6.54 Å². The van der Waals surface area contributed by atoms with Crippen LogP contribution >= 0.6 is 0 Å². The Morgan fingerprint density at radius 1 is 1.04 bits per heavy atom. The number of hydrogen-bond acceptors (Lipinski definition) is 4. The van der Waals surface area contributed by atoms with Gasteiger partial charge in [0.2, 0.25) is 0 Å². The number of aromatic nitrogens is 2. The van der Waals surface area contributed by atoms with Crippen molar-refractivity contribution in [1.82, 2.24) is 15.3 Å². The minimum atomic E-state index is -0.111. The van der Waals surface area contributed by atoms with Gasteiger partial charge in [-0.15, -0.1) is 0 Å². The molecule has 0 atom stereocenters. The molecule has 0 bridgehead atoms. The molecule has 4 rings (SSSR count). The number of benzene rings is 2. The van der Waals surface area contributed by atoms with Gasteiger partial charge in [0, 0.05) is 41.5 Å². The second kappa shape index (κ2) is 7.47. The summed E-state index contributed by atoms with van der Waals surface area (Å²) in [4.78, 5) is 19.9. The van der Waals surface area contributed by atoms with Gasteiger partial charge < -0.3 is 21.4 Å². The van der Waals surface area contributed by atoms with Gasteiger partial charge in [-0.1, -0.05) is 30.3 Å². The van der Waals surface area contributed by atoms with Crippen LogP contribution in [0.1, 0.15) is 15.9 Å². The van der Waals surface area contributed by atoms with E-state index in [0.29, 0.717) is 25.2 Å². The van der Waals surface area contributed by atoms with Gasteiger partial charge in [0.25, 0.3) is 5.91 Å². The number of aromatic amines is 1. The van der Waals surface area contributed by atoms with Gasteiger partial charge in [0.1, 0.15) is 5.82 Å². The minimum Gasteiger partial charge on any atom is -0.366 e. The molecule has 6 nitrogen and oxygen atoms in total. The van der Waals surface area contributed by atoms with Crippen LogP contribution in [0.25, 0.3) is 21.8 Å². The molecule has 4 aromatic rings. The van der Waals surface area contributed by atoms with E-state index in [1.54, 1.807) is 6.07 Å². The number of fused-ring (bicyclic) bond motifs is 3. The van der Waals surface area contributed by atoms with Crippen molar-refractivity contribution < 1.29 is 4.79 Å². The van der Waals surface area contributed by atoms with Gasteiger partial charge in [-0.25, -0.2) is 4.98 Å². The number of H-pyrrole nitrogens is 1. The van der Waals surface area contributed by atoms with Gasteiger partial charge in [0.15, 0.2) is 0 Å². The number of carbonyl (C=O) groups excluding carboxylic acids is 1. The number of rotatable bonds is 6. The summed E-state index contributed by atoms with van der Waals surface area (Å²) < 4.78 is 0. The quantitative estimate of drug-likeness (QED) is 0.425. The third-order valence-corrected chi connectivity index (χ3v) is 4.48. The summed E-state index contributed by atoms with van der Waals surface area (Å²) in [6, 6.07) is 17.8. The van der Waals surface area contributed by atoms with Gasteiger partial charge in [-0.3, -0.25) is 4.79 Å². The molecule has 0 unspecified atom stereocenters. The molecular weight excluding hydrogens is 338 g/mol. The Hall–Kier alpha value is -3.38. The van der Waals surface area contributed by atoms with E-state index in [2.05, 4.69) is 32.7 Å². The minimum absolute atomic E-state index is 0.111. The smallest absolute Gasteiger partial charge is 0.251 e. The van der Waals surface area contributed by atoms with Gasteiger partial charge in [0.05, 0.1) is 11.7 Å². The van der Waals surface area contributed by atoms with E-state index in [0.717, 1.165) is 27.8 Å². The van der Waals surface area contributed by atoms with Crippen LogP contribution in [0, 0.1) is 0 Å². The van der Waals surface area contributed by atoms with Crippen LogP contribution < -0.4 is 16.4 Å². The van der Waals surface area contributed by atoms with Crippen molar-refractivity contribution in [3.05, 3.63) is 71.9 Å². The highest BCUT2D eigenvalue weighted by Gasteiger charge is 2.07. The zero-order valence-electron chi connectivity index (χ0n) is 14.8. The molecule has 0 fully saturated rings. The van der Waals surface area contributed by atoms with E-state index in [1.165, 1.54) is 5.39 Å². The van der Waals surface area contributed by atoms with Crippen molar-refractivity contribution in [3.63, 3.8) is 0 Å². The number of pyridine rings is 1. The number of nitrogens with zero attached hydrogens (tertiary/aromatic N) is 1. The highest BCUT2D eigenvalue weighted by molar-refractivity contribution is 6.07. The van der Waals surface area contributed by atoms with Crippen molar-refractivity contribution in [2.75, 3.05) is 18.4 Å². The number of amides is 1. The van der Waals surface area contributed by atoms with Crippen LogP contribution in [-0.4, -0.2) is 29.0 Å². The second-order valence-electron chi connectivity index (χ2n) is 6.38. The van der Waals surface area contributed by atoms with E-state index in [-0.39, 0.29) is 5.91 Å². The number of nitrogens with two attached hydrogens (primary N) is 1. The van der Waals surface area contributed by atoms with E-state index in [9.17, 15) is 4.79 Å². The monoisotopic (exact) mass is 359 g/mol. The van der Waals surface area contributed by atoms with Crippen molar-refractivity contribution in [3.8, 4) is 0 Å². The lowest BCUT2D eigenvalue weighted by Crippen LogP contribution is -2.29. The highest BCUT2D eigenvalue weighted by atomic mass is 16.1. The van der Waals surface area contributed by atoms with E-state index >= 15 is 0 Å². The first kappa shape index (κ1) is 17.1. The maximum absolute atomic E-state index is 12.1. The SMILES string of the molecule is NCCNC(=O)c1cccc(CNc2cc3c(cn2)[nH]c2ccccc23)c1. The molecule has 2 aromatic carbocycles. The molecule has 0 aliphatic rings. The lowest BCUT2D eigenvalue weighted by atomic mass is 10.1. The Balaban J connectivity index is 1.51. The molecule has 2 aromatic heterocycles. The maximum Gasteiger partial charge on any atom is 0.251 e. The van der Waals surface area contributed by atoms with Crippen molar-refractivity contribution in [1.29, 1.82) is 0 Å². The lowest BCUT2D eigenvalue weighted by molar-refractivity contribution is 0.0954. The maximum atomic E-state index is 12.1.